The molecular weight excluding hydrogens is 296 g/mol. The third-order valence-corrected chi connectivity index (χ3v) is 5.06. The zero-order valence-corrected chi connectivity index (χ0v) is 15.4. The van der Waals surface area contributed by atoms with E-state index in [9.17, 15) is 9.90 Å². The molecule has 0 bridgehead atoms. The normalized spacial score (nSPS) is 15.7. The van der Waals surface area contributed by atoms with Gasteiger partial charge in [-0.15, -0.1) is 0 Å². The molecule has 3 rings (SSSR count). The molecule has 0 heterocycles. The third-order valence-electron chi connectivity index (χ3n) is 5.06. The van der Waals surface area contributed by atoms with E-state index in [1.807, 2.05) is 12.1 Å². The van der Waals surface area contributed by atoms with Crippen molar-refractivity contribution >= 4 is 16.6 Å². The van der Waals surface area contributed by atoms with E-state index in [4.69, 9.17) is 0 Å². The Hall–Kier alpha value is -1.83. The van der Waals surface area contributed by atoms with Crippen molar-refractivity contribution in [2.24, 2.45) is 11.3 Å². The van der Waals surface area contributed by atoms with Crippen molar-refractivity contribution in [3.05, 3.63) is 42.0 Å². The number of hydrogen-bond donors (Lipinski definition) is 1. The lowest BCUT2D eigenvalue weighted by Gasteiger charge is -2.33. The average Bonchev–Trinajstić information content (AvgIpc) is 2.55. The van der Waals surface area contributed by atoms with E-state index >= 15 is 0 Å². The minimum absolute atomic E-state index is 0.0555. The number of carbonyl (C=O) groups excluding carboxylic acids is 1. The van der Waals surface area contributed by atoms with Gasteiger partial charge in [0.15, 0.2) is 5.78 Å². The van der Waals surface area contributed by atoms with Crippen molar-refractivity contribution < 1.29 is 9.90 Å². The maximum atomic E-state index is 11.1. The van der Waals surface area contributed by atoms with Crippen LogP contribution in [0.5, 0.6) is 5.75 Å². The maximum Gasteiger partial charge on any atom is 0.159 e. The molecule has 1 saturated carbocycles. The Bertz CT molecular complexity index is 689. The predicted octanol–water partition coefficient (Wildman–Crippen LogP) is 6.36. The van der Waals surface area contributed by atoms with E-state index in [0.717, 1.165) is 16.7 Å². The first-order valence-electron chi connectivity index (χ1n) is 9.01. The Morgan fingerprint density at radius 3 is 2.08 bits per heavy atom. The maximum absolute atomic E-state index is 11.1. The van der Waals surface area contributed by atoms with E-state index in [-0.39, 0.29) is 11.5 Å². The Morgan fingerprint density at radius 1 is 0.958 bits per heavy atom. The zero-order valence-electron chi connectivity index (χ0n) is 15.4. The van der Waals surface area contributed by atoms with Crippen molar-refractivity contribution in [1.29, 1.82) is 0 Å². The number of carbonyl (C=O) groups is 1. The molecule has 0 aromatic heterocycles. The molecule has 0 atom stereocenters. The van der Waals surface area contributed by atoms with Crippen LogP contribution >= 0.6 is 0 Å². The molecule has 2 aromatic carbocycles. The second kappa shape index (κ2) is 7.83. The van der Waals surface area contributed by atoms with Crippen LogP contribution in [0.2, 0.25) is 0 Å². The van der Waals surface area contributed by atoms with Gasteiger partial charge in [0.2, 0.25) is 0 Å². The minimum atomic E-state index is 0.0555. The largest absolute Gasteiger partial charge is 0.508 e. The summed E-state index contributed by atoms with van der Waals surface area (Å²) in [5.41, 5.74) is 1.27. The summed E-state index contributed by atoms with van der Waals surface area (Å²) in [6, 6.07) is 10.5. The molecule has 0 amide bonds. The Balaban J connectivity index is 0.000000185. The standard InChI is InChI=1S/C12H10O2.C10H20/c1-8(13)9-2-3-11-7-12(14)5-4-10(11)6-9;1-10(2,3)9-7-5-4-6-8-9/h2-7,14H,1H3;9H,4-8H2,1-3H3. The van der Waals surface area contributed by atoms with Crippen molar-refractivity contribution in [3.8, 4) is 5.75 Å². The summed E-state index contributed by atoms with van der Waals surface area (Å²) in [5, 5.41) is 11.1. The lowest BCUT2D eigenvalue weighted by molar-refractivity contribution is 0.101. The highest BCUT2D eigenvalue weighted by Gasteiger charge is 2.25. The fraction of sp³-hybridized carbons (Fsp3) is 0.500. The molecule has 1 aliphatic rings. The summed E-state index contributed by atoms with van der Waals surface area (Å²) >= 11 is 0. The summed E-state index contributed by atoms with van der Waals surface area (Å²) in [7, 11) is 0. The van der Waals surface area contributed by atoms with Crippen molar-refractivity contribution in [1.82, 2.24) is 0 Å². The van der Waals surface area contributed by atoms with Gasteiger partial charge in [0.05, 0.1) is 0 Å². The highest BCUT2D eigenvalue weighted by atomic mass is 16.3. The third kappa shape index (κ3) is 5.09. The highest BCUT2D eigenvalue weighted by Crippen LogP contribution is 2.37. The van der Waals surface area contributed by atoms with Crippen LogP contribution in [0.1, 0.15) is 70.2 Å². The van der Waals surface area contributed by atoms with Crippen LogP contribution in [0.3, 0.4) is 0 Å². The van der Waals surface area contributed by atoms with Gasteiger partial charge in [-0.25, -0.2) is 0 Å². The molecule has 0 radical (unpaired) electrons. The molecule has 2 nitrogen and oxygen atoms in total. The van der Waals surface area contributed by atoms with Gasteiger partial charge in [0.25, 0.3) is 0 Å². The number of aromatic hydroxyl groups is 1. The summed E-state index contributed by atoms with van der Waals surface area (Å²) in [4.78, 5) is 11.1. The Labute approximate surface area is 145 Å². The van der Waals surface area contributed by atoms with Crippen molar-refractivity contribution in [2.75, 3.05) is 0 Å². The number of phenolic OH excluding ortho intramolecular Hbond substituents is 1. The smallest absolute Gasteiger partial charge is 0.159 e. The second-order valence-electron chi connectivity index (χ2n) is 8.00. The van der Waals surface area contributed by atoms with Gasteiger partial charge in [0.1, 0.15) is 5.75 Å². The summed E-state index contributed by atoms with van der Waals surface area (Å²) in [6.45, 7) is 8.68. The van der Waals surface area contributed by atoms with Gasteiger partial charge in [-0.05, 0) is 60.1 Å². The topological polar surface area (TPSA) is 37.3 Å². The van der Waals surface area contributed by atoms with Gasteiger partial charge in [0, 0.05) is 5.56 Å². The lowest BCUT2D eigenvalue weighted by Crippen LogP contribution is -2.22. The van der Waals surface area contributed by atoms with E-state index < -0.39 is 0 Å². The van der Waals surface area contributed by atoms with Gasteiger partial charge >= 0.3 is 0 Å². The molecule has 1 fully saturated rings. The molecule has 1 N–H and O–H groups in total. The van der Waals surface area contributed by atoms with Crippen LogP contribution in [0.25, 0.3) is 10.8 Å². The summed E-state index contributed by atoms with van der Waals surface area (Å²) in [5.74, 6) is 1.30. The van der Waals surface area contributed by atoms with E-state index in [0.29, 0.717) is 11.0 Å². The number of rotatable bonds is 1. The zero-order chi connectivity index (χ0) is 17.7. The first-order chi connectivity index (χ1) is 11.3. The van der Waals surface area contributed by atoms with Crippen LogP contribution in [0, 0.1) is 11.3 Å². The van der Waals surface area contributed by atoms with Gasteiger partial charge in [-0.3, -0.25) is 4.79 Å². The first kappa shape index (κ1) is 18.5. The average molecular weight is 326 g/mol. The molecule has 0 aliphatic heterocycles. The van der Waals surface area contributed by atoms with E-state index in [1.54, 1.807) is 31.2 Å². The minimum Gasteiger partial charge on any atom is -0.508 e. The molecule has 2 aromatic rings. The fourth-order valence-electron chi connectivity index (χ4n) is 3.42. The predicted molar refractivity (Wildman–Crippen MR) is 102 cm³/mol. The first-order valence-corrected chi connectivity index (χ1v) is 9.01. The summed E-state index contributed by atoms with van der Waals surface area (Å²) < 4.78 is 0. The molecule has 1 aliphatic carbocycles. The van der Waals surface area contributed by atoms with Gasteiger partial charge in [-0.2, -0.15) is 0 Å². The number of fused-ring (bicyclic) bond motifs is 1. The van der Waals surface area contributed by atoms with E-state index in [1.165, 1.54) is 32.1 Å². The molecule has 130 valence electrons. The number of hydrogen-bond acceptors (Lipinski definition) is 2. The van der Waals surface area contributed by atoms with Crippen LogP contribution in [-0.4, -0.2) is 10.9 Å². The Morgan fingerprint density at radius 2 is 1.54 bits per heavy atom. The van der Waals surface area contributed by atoms with Crippen molar-refractivity contribution in [2.45, 2.75) is 59.8 Å². The van der Waals surface area contributed by atoms with E-state index in [2.05, 4.69) is 20.8 Å². The fourth-order valence-corrected chi connectivity index (χ4v) is 3.42. The highest BCUT2D eigenvalue weighted by molar-refractivity contribution is 5.98. The quantitative estimate of drug-likeness (QED) is 0.619. The lowest BCUT2D eigenvalue weighted by atomic mass is 9.72. The molecule has 2 heteroatoms. The molecule has 24 heavy (non-hydrogen) atoms. The molecule has 0 spiro atoms. The SMILES string of the molecule is CC(=O)c1ccc2cc(O)ccc2c1.CC(C)(C)C1CCCCC1. The number of benzene rings is 2. The number of Topliss-reactive ketones (excluding diaryl/α,β-unsaturated/α-hetero) is 1. The summed E-state index contributed by atoms with van der Waals surface area (Å²) in [6.07, 6.45) is 7.38. The van der Waals surface area contributed by atoms with Crippen molar-refractivity contribution in [3.63, 3.8) is 0 Å². The monoisotopic (exact) mass is 326 g/mol. The molecule has 0 unspecified atom stereocenters. The molecular formula is C22H30O2. The van der Waals surface area contributed by atoms with Crippen LogP contribution < -0.4 is 0 Å². The second-order valence-corrected chi connectivity index (χ2v) is 8.00. The number of phenols is 1. The Kier molecular flexibility index (Phi) is 6.04. The van der Waals surface area contributed by atoms with Gasteiger partial charge < -0.3 is 5.11 Å². The molecule has 0 saturated heterocycles. The number of ketones is 1. The van der Waals surface area contributed by atoms with Crippen LogP contribution in [0.15, 0.2) is 36.4 Å². The van der Waals surface area contributed by atoms with Crippen LogP contribution in [0.4, 0.5) is 0 Å². The van der Waals surface area contributed by atoms with Crippen LogP contribution in [-0.2, 0) is 0 Å². The van der Waals surface area contributed by atoms with Gasteiger partial charge in [-0.1, -0.05) is 58.2 Å².